The number of hydrogen-bond acceptors (Lipinski definition) is 3. The summed E-state index contributed by atoms with van der Waals surface area (Å²) in [6.07, 6.45) is 0. The molecule has 0 bridgehead atoms. The van der Waals surface area contributed by atoms with Crippen LogP contribution in [0.1, 0.15) is 28.9 Å². The van der Waals surface area contributed by atoms with E-state index in [1.165, 1.54) is 10.8 Å². The lowest BCUT2D eigenvalue weighted by Gasteiger charge is -2.34. The lowest BCUT2D eigenvalue weighted by atomic mass is 10.00. The van der Waals surface area contributed by atoms with E-state index in [0.717, 1.165) is 5.56 Å². The average Bonchev–Trinajstić information content (AvgIpc) is 2.79. The van der Waals surface area contributed by atoms with Gasteiger partial charge in [0.2, 0.25) is 5.91 Å². The van der Waals surface area contributed by atoms with Crippen molar-refractivity contribution >= 4 is 22.6 Å². The molecule has 1 heterocycles. The Balaban J connectivity index is 1.30. The predicted molar refractivity (Wildman–Crippen MR) is 119 cm³/mol. The molecule has 5 heteroatoms. The molecular formula is C25H27N3O2. The zero-order valence-corrected chi connectivity index (χ0v) is 17.3. The van der Waals surface area contributed by atoms with Gasteiger partial charge in [0.15, 0.2) is 0 Å². The van der Waals surface area contributed by atoms with E-state index >= 15 is 0 Å². The molecule has 0 saturated carbocycles. The van der Waals surface area contributed by atoms with Crippen molar-refractivity contribution in [3.05, 3.63) is 83.9 Å². The summed E-state index contributed by atoms with van der Waals surface area (Å²) in [6, 6.07) is 23.7. The van der Waals surface area contributed by atoms with Gasteiger partial charge in [-0.2, -0.15) is 0 Å². The number of piperazine rings is 1. The molecule has 1 aliphatic heterocycles. The Morgan fingerprint density at radius 3 is 2.30 bits per heavy atom. The van der Waals surface area contributed by atoms with Crippen LogP contribution in [-0.2, 0) is 4.79 Å². The lowest BCUT2D eigenvalue weighted by molar-refractivity contribution is -0.123. The summed E-state index contributed by atoms with van der Waals surface area (Å²) in [5.74, 6) is 0.0718. The van der Waals surface area contributed by atoms with E-state index in [2.05, 4.69) is 34.5 Å². The van der Waals surface area contributed by atoms with Crippen LogP contribution >= 0.6 is 0 Å². The molecular weight excluding hydrogens is 374 g/mol. The van der Waals surface area contributed by atoms with E-state index in [0.29, 0.717) is 38.3 Å². The number of benzene rings is 3. The second-order valence-corrected chi connectivity index (χ2v) is 7.79. The number of hydrogen-bond donors (Lipinski definition) is 1. The quantitative estimate of drug-likeness (QED) is 0.712. The van der Waals surface area contributed by atoms with Gasteiger partial charge in [-0.05, 0) is 35.4 Å². The largest absolute Gasteiger partial charge is 0.348 e. The molecule has 1 unspecified atom stereocenters. The van der Waals surface area contributed by atoms with Gasteiger partial charge in [-0.3, -0.25) is 14.5 Å². The van der Waals surface area contributed by atoms with Crippen LogP contribution in [0.4, 0.5) is 0 Å². The van der Waals surface area contributed by atoms with Crippen molar-refractivity contribution < 1.29 is 9.59 Å². The summed E-state index contributed by atoms with van der Waals surface area (Å²) in [7, 11) is 0. The molecule has 3 aromatic rings. The molecule has 3 aromatic carbocycles. The fourth-order valence-electron chi connectivity index (χ4n) is 4.07. The number of amides is 2. The summed E-state index contributed by atoms with van der Waals surface area (Å²) in [4.78, 5) is 29.2. The van der Waals surface area contributed by atoms with E-state index < -0.39 is 0 Å². The van der Waals surface area contributed by atoms with Gasteiger partial charge in [0.1, 0.15) is 0 Å². The highest BCUT2D eigenvalue weighted by Crippen LogP contribution is 2.24. The predicted octanol–water partition coefficient (Wildman–Crippen LogP) is 3.48. The van der Waals surface area contributed by atoms with Gasteiger partial charge < -0.3 is 10.2 Å². The number of nitrogens with zero attached hydrogens (tertiary/aromatic N) is 2. The van der Waals surface area contributed by atoms with E-state index in [-0.39, 0.29) is 17.9 Å². The molecule has 0 spiro atoms. The van der Waals surface area contributed by atoms with E-state index in [4.69, 9.17) is 0 Å². The molecule has 0 aromatic heterocycles. The van der Waals surface area contributed by atoms with Crippen LogP contribution in [0.15, 0.2) is 72.8 Å². The maximum absolute atomic E-state index is 12.6. The van der Waals surface area contributed by atoms with E-state index in [9.17, 15) is 9.59 Å². The molecule has 5 nitrogen and oxygen atoms in total. The molecule has 1 N–H and O–H groups in total. The van der Waals surface area contributed by atoms with Gasteiger partial charge >= 0.3 is 0 Å². The Morgan fingerprint density at radius 2 is 1.53 bits per heavy atom. The van der Waals surface area contributed by atoms with Gasteiger partial charge in [-0.1, -0.05) is 60.7 Å². The molecule has 30 heavy (non-hydrogen) atoms. The van der Waals surface area contributed by atoms with Crippen molar-refractivity contribution in [1.29, 1.82) is 0 Å². The number of carbonyl (C=O) groups is 2. The number of carbonyl (C=O) groups excluding carboxylic acids is 2. The molecule has 154 valence electrons. The monoisotopic (exact) mass is 401 g/mol. The molecule has 2 amide bonds. The van der Waals surface area contributed by atoms with Crippen LogP contribution in [0.5, 0.6) is 0 Å². The summed E-state index contributed by atoms with van der Waals surface area (Å²) in [5, 5.41) is 5.48. The topological polar surface area (TPSA) is 52.7 Å². The number of nitrogens with one attached hydrogen (secondary N) is 1. The van der Waals surface area contributed by atoms with Crippen LogP contribution in [-0.4, -0.2) is 54.3 Å². The Hall–Kier alpha value is -3.18. The Bertz CT molecular complexity index is 1020. The third-order valence-corrected chi connectivity index (χ3v) is 5.71. The Morgan fingerprint density at radius 1 is 0.867 bits per heavy atom. The van der Waals surface area contributed by atoms with Crippen molar-refractivity contribution in [1.82, 2.24) is 15.1 Å². The van der Waals surface area contributed by atoms with Crippen molar-refractivity contribution in [3.8, 4) is 0 Å². The fraction of sp³-hybridized carbons (Fsp3) is 0.280. The maximum atomic E-state index is 12.6. The minimum absolute atomic E-state index is 0.0123. The first-order valence-electron chi connectivity index (χ1n) is 10.5. The van der Waals surface area contributed by atoms with Gasteiger partial charge in [0.25, 0.3) is 5.91 Å². The third kappa shape index (κ3) is 4.52. The summed E-state index contributed by atoms with van der Waals surface area (Å²) in [6.45, 7) is 5.06. The third-order valence-electron chi connectivity index (χ3n) is 5.71. The first-order chi connectivity index (χ1) is 14.6. The van der Waals surface area contributed by atoms with Crippen molar-refractivity contribution in [2.45, 2.75) is 13.0 Å². The second kappa shape index (κ2) is 9.09. The van der Waals surface area contributed by atoms with Crippen LogP contribution in [0.3, 0.4) is 0 Å². The van der Waals surface area contributed by atoms with Crippen molar-refractivity contribution in [3.63, 3.8) is 0 Å². The smallest absolute Gasteiger partial charge is 0.253 e. The zero-order valence-electron chi connectivity index (χ0n) is 17.3. The van der Waals surface area contributed by atoms with Gasteiger partial charge in [0, 0.05) is 31.7 Å². The number of rotatable bonds is 5. The Kier molecular flexibility index (Phi) is 6.10. The molecule has 1 saturated heterocycles. The van der Waals surface area contributed by atoms with Crippen LogP contribution in [0.25, 0.3) is 10.8 Å². The highest BCUT2D eigenvalue weighted by Gasteiger charge is 2.23. The minimum Gasteiger partial charge on any atom is -0.348 e. The van der Waals surface area contributed by atoms with Gasteiger partial charge in [0.05, 0.1) is 12.6 Å². The standard InChI is InChI=1S/C25H27N3O2/c1-19(22-13-7-11-20-8-5-6-12-23(20)22)26-24(29)18-27-14-16-28(17-15-27)25(30)21-9-3-2-4-10-21/h2-13,19H,14-18H2,1H3,(H,26,29). The normalized spacial score (nSPS) is 15.7. The second-order valence-electron chi connectivity index (χ2n) is 7.79. The molecule has 0 radical (unpaired) electrons. The first kappa shape index (κ1) is 20.1. The molecule has 4 rings (SSSR count). The van der Waals surface area contributed by atoms with Crippen LogP contribution in [0.2, 0.25) is 0 Å². The first-order valence-corrected chi connectivity index (χ1v) is 10.5. The fourth-order valence-corrected chi connectivity index (χ4v) is 4.07. The summed E-state index contributed by atoms with van der Waals surface area (Å²) >= 11 is 0. The molecule has 1 aliphatic rings. The van der Waals surface area contributed by atoms with Crippen molar-refractivity contribution in [2.24, 2.45) is 0 Å². The number of fused-ring (bicyclic) bond motifs is 1. The van der Waals surface area contributed by atoms with Crippen LogP contribution < -0.4 is 5.32 Å². The SMILES string of the molecule is CC(NC(=O)CN1CCN(C(=O)c2ccccc2)CC1)c1cccc2ccccc12. The average molecular weight is 402 g/mol. The Labute approximate surface area is 177 Å². The highest BCUT2D eigenvalue weighted by atomic mass is 16.2. The summed E-state index contributed by atoms with van der Waals surface area (Å²) < 4.78 is 0. The zero-order chi connectivity index (χ0) is 20.9. The minimum atomic E-state index is -0.0652. The maximum Gasteiger partial charge on any atom is 0.253 e. The van der Waals surface area contributed by atoms with E-state index in [1.807, 2.05) is 60.4 Å². The van der Waals surface area contributed by atoms with Gasteiger partial charge in [-0.15, -0.1) is 0 Å². The highest BCUT2D eigenvalue weighted by molar-refractivity contribution is 5.94. The molecule has 1 fully saturated rings. The summed E-state index contributed by atoms with van der Waals surface area (Å²) in [5.41, 5.74) is 1.84. The lowest BCUT2D eigenvalue weighted by Crippen LogP contribution is -2.51. The van der Waals surface area contributed by atoms with Crippen molar-refractivity contribution in [2.75, 3.05) is 32.7 Å². The van der Waals surface area contributed by atoms with Gasteiger partial charge in [-0.25, -0.2) is 0 Å². The molecule has 1 atom stereocenters. The van der Waals surface area contributed by atoms with E-state index in [1.54, 1.807) is 0 Å². The molecule has 0 aliphatic carbocycles. The van der Waals surface area contributed by atoms with Crippen LogP contribution in [0, 0.1) is 0 Å².